The van der Waals surface area contributed by atoms with Gasteiger partial charge in [-0.15, -0.1) is 0 Å². The van der Waals surface area contributed by atoms with E-state index in [-0.39, 0.29) is 11.9 Å². The Hall–Kier alpha value is -1.75. The number of unbranched alkanes of at least 4 members (excludes halogenated alkanes) is 1. The van der Waals surface area contributed by atoms with E-state index in [1.807, 2.05) is 18.2 Å². The molecule has 3 N–H and O–H groups in total. The number of methoxy groups -OCH3 is 2. The number of nitrogens with one attached hydrogen (secondary N) is 1. The lowest BCUT2D eigenvalue weighted by Gasteiger charge is -2.16. The van der Waals surface area contributed by atoms with Crippen molar-refractivity contribution in [3.05, 3.63) is 23.8 Å². The lowest BCUT2D eigenvalue weighted by Crippen LogP contribution is -2.20. The molecule has 20 heavy (non-hydrogen) atoms. The van der Waals surface area contributed by atoms with Crippen LogP contribution in [0.15, 0.2) is 18.2 Å². The van der Waals surface area contributed by atoms with Gasteiger partial charge in [-0.3, -0.25) is 4.79 Å². The van der Waals surface area contributed by atoms with Gasteiger partial charge in [-0.05, 0) is 44.0 Å². The summed E-state index contributed by atoms with van der Waals surface area (Å²) < 4.78 is 10.5. The smallest absolute Gasteiger partial charge is 0.217 e. The summed E-state index contributed by atoms with van der Waals surface area (Å²) in [6.07, 6.45) is 2.20. The third kappa shape index (κ3) is 5.09. The van der Waals surface area contributed by atoms with E-state index in [0.29, 0.717) is 6.42 Å². The molecule has 5 nitrogen and oxygen atoms in total. The predicted molar refractivity (Wildman–Crippen MR) is 79.0 cm³/mol. The predicted octanol–water partition coefficient (Wildman–Crippen LogP) is 2.01. The van der Waals surface area contributed by atoms with Crippen LogP contribution in [0.2, 0.25) is 0 Å². The van der Waals surface area contributed by atoms with Crippen molar-refractivity contribution in [2.24, 2.45) is 5.73 Å². The third-order valence-electron chi connectivity index (χ3n) is 3.21. The average molecular weight is 280 g/mol. The molecule has 5 heteroatoms. The van der Waals surface area contributed by atoms with Crippen molar-refractivity contribution in [2.45, 2.75) is 32.2 Å². The maximum Gasteiger partial charge on any atom is 0.217 e. The van der Waals surface area contributed by atoms with E-state index in [9.17, 15) is 4.79 Å². The Morgan fingerprint density at radius 2 is 1.95 bits per heavy atom. The number of hydrogen-bond donors (Lipinski definition) is 2. The largest absolute Gasteiger partial charge is 0.493 e. The molecule has 0 aromatic heterocycles. The van der Waals surface area contributed by atoms with Crippen molar-refractivity contribution in [3.63, 3.8) is 0 Å². The Labute approximate surface area is 120 Å². The van der Waals surface area contributed by atoms with Gasteiger partial charge in [-0.1, -0.05) is 6.07 Å². The van der Waals surface area contributed by atoms with Gasteiger partial charge in [0.1, 0.15) is 0 Å². The van der Waals surface area contributed by atoms with Crippen molar-refractivity contribution in [3.8, 4) is 11.5 Å². The lowest BCUT2D eigenvalue weighted by molar-refractivity contribution is -0.118. The molecule has 1 unspecified atom stereocenters. The topological polar surface area (TPSA) is 73.6 Å². The first kappa shape index (κ1) is 16.3. The van der Waals surface area contributed by atoms with Gasteiger partial charge in [0.25, 0.3) is 0 Å². The normalized spacial score (nSPS) is 11.9. The highest BCUT2D eigenvalue weighted by Crippen LogP contribution is 2.29. The Kier molecular flexibility index (Phi) is 6.87. The number of amides is 1. The first-order chi connectivity index (χ1) is 9.58. The Balaban J connectivity index is 2.46. The fourth-order valence-corrected chi connectivity index (χ4v) is 1.98. The number of rotatable bonds is 9. The van der Waals surface area contributed by atoms with E-state index in [1.54, 1.807) is 14.2 Å². The number of benzene rings is 1. The highest BCUT2D eigenvalue weighted by molar-refractivity contribution is 5.73. The highest BCUT2D eigenvalue weighted by atomic mass is 16.5. The van der Waals surface area contributed by atoms with E-state index < -0.39 is 0 Å². The van der Waals surface area contributed by atoms with Crippen molar-refractivity contribution in [2.75, 3.05) is 20.8 Å². The van der Waals surface area contributed by atoms with E-state index in [1.165, 1.54) is 0 Å². The van der Waals surface area contributed by atoms with Crippen molar-refractivity contribution in [1.82, 2.24) is 5.32 Å². The summed E-state index contributed by atoms with van der Waals surface area (Å²) in [7, 11) is 3.25. The van der Waals surface area contributed by atoms with Crippen LogP contribution >= 0.6 is 0 Å². The van der Waals surface area contributed by atoms with Crippen LogP contribution in [0.5, 0.6) is 11.5 Å². The van der Waals surface area contributed by atoms with Crippen LogP contribution in [0.1, 0.15) is 37.8 Å². The van der Waals surface area contributed by atoms with Gasteiger partial charge in [0.05, 0.1) is 14.2 Å². The van der Waals surface area contributed by atoms with Crippen LogP contribution in [0, 0.1) is 0 Å². The van der Waals surface area contributed by atoms with Crippen molar-refractivity contribution >= 4 is 5.91 Å². The minimum atomic E-state index is -0.238. The van der Waals surface area contributed by atoms with Crippen molar-refractivity contribution in [1.29, 1.82) is 0 Å². The molecule has 0 aliphatic carbocycles. The molecule has 1 rings (SSSR count). The van der Waals surface area contributed by atoms with Crippen LogP contribution < -0.4 is 20.5 Å². The van der Waals surface area contributed by atoms with Gasteiger partial charge < -0.3 is 20.5 Å². The van der Waals surface area contributed by atoms with Crippen LogP contribution in [0.25, 0.3) is 0 Å². The van der Waals surface area contributed by atoms with Gasteiger partial charge in [-0.25, -0.2) is 0 Å². The molecular formula is C15H24N2O3. The maximum atomic E-state index is 10.6. The number of nitrogens with two attached hydrogens (primary N) is 1. The highest BCUT2D eigenvalue weighted by Gasteiger charge is 2.09. The molecule has 0 saturated heterocycles. The standard InChI is InChI=1S/C15H24N2O3/c1-11(17-9-5-4-6-15(16)18)12-7-8-13(19-2)14(10-12)20-3/h7-8,10-11,17H,4-6,9H2,1-3H3,(H2,16,18). The first-order valence-electron chi connectivity index (χ1n) is 6.82. The van der Waals surface area contributed by atoms with Crippen molar-refractivity contribution < 1.29 is 14.3 Å². The SMILES string of the molecule is COc1ccc(C(C)NCCCCC(N)=O)cc1OC. The number of carbonyl (C=O) groups excluding carboxylic acids is 1. The van der Waals surface area contributed by atoms with Gasteiger partial charge in [0.15, 0.2) is 11.5 Å². The molecule has 1 aromatic rings. The summed E-state index contributed by atoms with van der Waals surface area (Å²) in [4.78, 5) is 10.6. The fraction of sp³-hybridized carbons (Fsp3) is 0.533. The number of carbonyl (C=O) groups is 1. The molecule has 1 aromatic carbocycles. The molecule has 0 bridgehead atoms. The summed E-state index contributed by atoms with van der Waals surface area (Å²) >= 11 is 0. The van der Waals surface area contributed by atoms with E-state index in [0.717, 1.165) is 36.4 Å². The Morgan fingerprint density at radius 3 is 2.55 bits per heavy atom. The summed E-state index contributed by atoms with van der Waals surface area (Å²) in [5, 5.41) is 3.41. The van der Waals surface area contributed by atoms with E-state index in [2.05, 4.69) is 12.2 Å². The molecule has 0 spiro atoms. The number of hydrogen-bond acceptors (Lipinski definition) is 4. The van der Waals surface area contributed by atoms with Crippen LogP contribution in [0.4, 0.5) is 0 Å². The quantitative estimate of drug-likeness (QED) is 0.679. The first-order valence-corrected chi connectivity index (χ1v) is 6.82. The van der Waals surface area contributed by atoms with Gasteiger partial charge in [-0.2, -0.15) is 0 Å². The summed E-state index contributed by atoms with van der Waals surface area (Å²) in [6, 6.07) is 6.10. The molecule has 0 radical (unpaired) electrons. The molecule has 0 heterocycles. The van der Waals surface area contributed by atoms with Gasteiger partial charge in [0.2, 0.25) is 5.91 Å². The molecule has 0 aliphatic heterocycles. The molecule has 1 atom stereocenters. The zero-order chi connectivity index (χ0) is 15.0. The third-order valence-corrected chi connectivity index (χ3v) is 3.21. The molecule has 0 fully saturated rings. The molecular weight excluding hydrogens is 256 g/mol. The summed E-state index contributed by atoms with van der Waals surface area (Å²) in [6.45, 7) is 2.94. The molecule has 1 amide bonds. The minimum absolute atomic E-state index is 0.211. The van der Waals surface area contributed by atoms with E-state index in [4.69, 9.17) is 15.2 Å². The summed E-state index contributed by atoms with van der Waals surface area (Å²) in [5.74, 6) is 1.22. The fourth-order valence-electron chi connectivity index (χ4n) is 1.98. The van der Waals surface area contributed by atoms with Crippen LogP contribution in [-0.2, 0) is 4.79 Å². The van der Waals surface area contributed by atoms with Crippen LogP contribution in [-0.4, -0.2) is 26.7 Å². The number of ether oxygens (including phenoxy) is 2. The zero-order valence-electron chi connectivity index (χ0n) is 12.4. The maximum absolute atomic E-state index is 10.6. The Morgan fingerprint density at radius 1 is 1.25 bits per heavy atom. The zero-order valence-corrected chi connectivity index (χ0v) is 12.4. The van der Waals surface area contributed by atoms with Gasteiger partial charge >= 0.3 is 0 Å². The molecule has 0 aliphatic rings. The Bertz CT molecular complexity index is 435. The summed E-state index contributed by atoms with van der Waals surface area (Å²) in [5.41, 5.74) is 6.24. The van der Waals surface area contributed by atoms with E-state index >= 15 is 0 Å². The minimum Gasteiger partial charge on any atom is -0.493 e. The second kappa shape index (κ2) is 8.43. The van der Waals surface area contributed by atoms with Crippen LogP contribution in [0.3, 0.4) is 0 Å². The molecule has 112 valence electrons. The monoisotopic (exact) mass is 280 g/mol. The van der Waals surface area contributed by atoms with Gasteiger partial charge in [0, 0.05) is 12.5 Å². The lowest BCUT2D eigenvalue weighted by atomic mass is 10.1. The second-order valence-corrected chi connectivity index (χ2v) is 4.71. The second-order valence-electron chi connectivity index (χ2n) is 4.71. The average Bonchev–Trinajstić information content (AvgIpc) is 2.45. The number of primary amides is 1. The molecule has 0 saturated carbocycles.